The number of aromatic nitrogens is 3. The Balaban J connectivity index is 1.76. The molecular weight excluding hydrogens is 294 g/mol. The highest BCUT2D eigenvalue weighted by Gasteiger charge is 2.27. The molecule has 0 aliphatic carbocycles. The summed E-state index contributed by atoms with van der Waals surface area (Å²) >= 11 is 0. The van der Waals surface area contributed by atoms with E-state index in [1.807, 2.05) is 37.2 Å². The first-order valence-corrected chi connectivity index (χ1v) is 7.47. The number of carbonyl (C=O) groups excluding carboxylic acids is 1. The standard InChI is InChI=1S/C16H19N5O2/c1-20(2)15-5-3-4-13(19-15)14-11-21(8-9-23-14)16(22)12-6-7-17-18-10-12/h3-7,10,14H,8-9,11H2,1-2H3/t14-/m1/s1. The highest BCUT2D eigenvalue weighted by atomic mass is 16.5. The highest BCUT2D eigenvalue weighted by molar-refractivity contribution is 5.93. The van der Waals surface area contributed by atoms with Gasteiger partial charge in [-0.3, -0.25) is 4.79 Å². The van der Waals surface area contributed by atoms with Gasteiger partial charge in [-0.25, -0.2) is 4.98 Å². The lowest BCUT2D eigenvalue weighted by Crippen LogP contribution is -2.42. The first-order valence-electron chi connectivity index (χ1n) is 7.47. The second-order valence-electron chi connectivity index (χ2n) is 5.56. The molecule has 7 heteroatoms. The van der Waals surface area contributed by atoms with Crippen molar-refractivity contribution in [3.05, 3.63) is 47.9 Å². The van der Waals surface area contributed by atoms with Gasteiger partial charge in [0.15, 0.2) is 0 Å². The third-order valence-corrected chi connectivity index (χ3v) is 3.73. The molecule has 0 N–H and O–H groups in total. The first-order chi connectivity index (χ1) is 11.1. The Morgan fingerprint density at radius 1 is 1.30 bits per heavy atom. The number of rotatable bonds is 3. The number of hydrogen-bond donors (Lipinski definition) is 0. The number of anilines is 1. The largest absolute Gasteiger partial charge is 0.368 e. The van der Waals surface area contributed by atoms with E-state index in [0.717, 1.165) is 11.5 Å². The Labute approximate surface area is 134 Å². The van der Waals surface area contributed by atoms with Crippen LogP contribution in [0.4, 0.5) is 5.82 Å². The van der Waals surface area contributed by atoms with Gasteiger partial charge >= 0.3 is 0 Å². The Morgan fingerprint density at radius 2 is 2.17 bits per heavy atom. The van der Waals surface area contributed by atoms with Crippen LogP contribution in [0, 0.1) is 0 Å². The zero-order chi connectivity index (χ0) is 16.2. The summed E-state index contributed by atoms with van der Waals surface area (Å²) in [5.74, 6) is 0.810. The number of amides is 1. The van der Waals surface area contributed by atoms with Crippen molar-refractivity contribution >= 4 is 11.7 Å². The minimum atomic E-state index is -0.220. The zero-order valence-electron chi connectivity index (χ0n) is 13.2. The highest BCUT2D eigenvalue weighted by Crippen LogP contribution is 2.23. The van der Waals surface area contributed by atoms with Gasteiger partial charge in [-0.2, -0.15) is 10.2 Å². The molecule has 2 aromatic rings. The number of nitrogens with zero attached hydrogens (tertiary/aromatic N) is 5. The predicted molar refractivity (Wildman–Crippen MR) is 85.2 cm³/mol. The molecule has 1 fully saturated rings. The fraction of sp³-hybridized carbons (Fsp3) is 0.375. The quantitative estimate of drug-likeness (QED) is 0.846. The van der Waals surface area contributed by atoms with E-state index >= 15 is 0 Å². The van der Waals surface area contributed by atoms with Crippen LogP contribution in [0.3, 0.4) is 0 Å². The summed E-state index contributed by atoms with van der Waals surface area (Å²) in [6.07, 6.45) is 2.78. The molecular formula is C16H19N5O2. The summed E-state index contributed by atoms with van der Waals surface area (Å²) in [7, 11) is 3.89. The molecule has 0 unspecified atom stereocenters. The van der Waals surface area contributed by atoms with Gasteiger partial charge in [0.2, 0.25) is 0 Å². The molecule has 1 saturated heterocycles. The molecule has 0 radical (unpaired) electrons. The number of pyridine rings is 1. The van der Waals surface area contributed by atoms with E-state index in [1.165, 1.54) is 12.4 Å². The van der Waals surface area contributed by atoms with Gasteiger partial charge in [0, 0.05) is 20.6 Å². The van der Waals surface area contributed by atoms with Crippen LogP contribution < -0.4 is 4.90 Å². The molecule has 1 aliphatic rings. The maximum absolute atomic E-state index is 12.5. The number of hydrogen-bond acceptors (Lipinski definition) is 6. The minimum Gasteiger partial charge on any atom is -0.368 e. The molecule has 1 amide bonds. The van der Waals surface area contributed by atoms with Crippen molar-refractivity contribution in [3.8, 4) is 0 Å². The van der Waals surface area contributed by atoms with Crippen molar-refractivity contribution < 1.29 is 9.53 Å². The zero-order valence-corrected chi connectivity index (χ0v) is 13.2. The van der Waals surface area contributed by atoms with Crippen molar-refractivity contribution in [2.24, 2.45) is 0 Å². The number of carbonyl (C=O) groups is 1. The van der Waals surface area contributed by atoms with Crippen LogP contribution in [-0.2, 0) is 4.74 Å². The fourth-order valence-corrected chi connectivity index (χ4v) is 2.48. The minimum absolute atomic E-state index is 0.0584. The van der Waals surface area contributed by atoms with Gasteiger partial charge in [0.05, 0.1) is 36.8 Å². The lowest BCUT2D eigenvalue weighted by Gasteiger charge is -2.33. The van der Waals surface area contributed by atoms with Gasteiger partial charge in [0.25, 0.3) is 5.91 Å². The molecule has 2 aromatic heterocycles. The van der Waals surface area contributed by atoms with E-state index in [9.17, 15) is 4.79 Å². The van der Waals surface area contributed by atoms with E-state index in [2.05, 4.69) is 15.2 Å². The topological polar surface area (TPSA) is 71.5 Å². The van der Waals surface area contributed by atoms with Crippen LogP contribution in [0.1, 0.15) is 22.2 Å². The summed E-state index contributed by atoms with van der Waals surface area (Å²) in [6.45, 7) is 1.53. The maximum Gasteiger partial charge on any atom is 0.255 e. The molecule has 7 nitrogen and oxygen atoms in total. The fourth-order valence-electron chi connectivity index (χ4n) is 2.48. The molecule has 1 atom stereocenters. The van der Waals surface area contributed by atoms with Crippen molar-refractivity contribution in [1.82, 2.24) is 20.1 Å². The average molecular weight is 313 g/mol. The van der Waals surface area contributed by atoms with Gasteiger partial charge in [0.1, 0.15) is 11.9 Å². The van der Waals surface area contributed by atoms with E-state index < -0.39 is 0 Å². The molecule has 3 heterocycles. The van der Waals surface area contributed by atoms with Crippen LogP contribution in [0.5, 0.6) is 0 Å². The first kappa shape index (κ1) is 15.4. The molecule has 0 saturated carbocycles. The second-order valence-corrected chi connectivity index (χ2v) is 5.56. The van der Waals surface area contributed by atoms with Crippen LogP contribution >= 0.6 is 0 Å². The van der Waals surface area contributed by atoms with Crippen molar-refractivity contribution in [2.75, 3.05) is 38.7 Å². The molecule has 0 bridgehead atoms. The molecule has 23 heavy (non-hydrogen) atoms. The molecule has 0 aromatic carbocycles. The Bertz CT molecular complexity index is 677. The summed E-state index contributed by atoms with van der Waals surface area (Å²) < 4.78 is 5.81. The molecule has 120 valence electrons. The average Bonchev–Trinajstić information content (AvgIpc) is 2.62. The van der Waals surface area contributed by atoms with Gasteiger partial charge in [-0.15, -0.1) is 0 Å². The van der Waals surface area contributed by atoms with Crippen molar-refractivity contribution in [1.29, 1.82) is 0 Å². The Kier molecular flexibility index (Phi) is 4.47. The predicted octanol–water partition coefficient (Wildman–Crippen LogP) is 1.15. The number of morpholine rings is 1. The Morgan fingerprint density at radius 3 is 2.91 bits per heavy atom. The van der Waals surface area contributed by atoms with Crippen LogP contribution in [0.25, 0.3) is 0 Å². The second kappa shape index (κ2) is 6.70. The SMILES string of the molecule is CN(C)c1cccc([C@H]2CN(C(=O)c3ccnnc3)CCO2)n1. The van der Waals surface area contributed by atoms with Crippen molar-refractivity contribution in [2.45, 2.75) is 6.10 Å². The number of ether oxygens (including phenoxy) is 1. The van der Waals surface area contributed by atoms with Crippen LogP contribution in [-0.4, -0.2) is 59.8 Å². The summed E-state index contributed by atoms with van der Waals surface area (Å²) in [5.41, 5.74) is 1.37. The lowest BCUT2D eigenvalue weighted by molar-refractivity contribution is -0.0247. The van der Waals surface area contributed by atoms with Crippen LogP contribution in [0.2, 0.25) is 0 Å². The smallest absolute Gasteiger partial charge is 0.255 e. The Hall–Kier alpha value is -2.54. The van der Waals surface area contributed by atoms with Gasteiger partial charge in [-0.05, 0) is 18.2 Å². The normalized spacial score (nSPS) is 17.8. The van der Waals surface area contributed by atoms with E-state index in [0.29, 0.717) is 25.3 Å². The summed E-state index contributed by atoms with van der Waals surface area (Å²) in [4.78, 5) is 20.8. The third kappa shape index (κ3) is 3.45. The van der Waals surface area contributed by atoms with E-state index in [4.69, 9.17) is 4.74 Å². The summed E-state index contributed by atoms with van der Waals surface area (Å²) in [5, 5.41) is 7.46. The molecule has 0 spiro atoms. The maximum atomic E-state index is 12.5. The van der Waals surface area contributed by atoms with Crippen LogP contribution in [0.15, 0.2) is 36.7 Å². The third-order valence-electron chi connectivity index (χ3n) is 3.73. The van der Waals surface area contributed by atoms with E-state index in [-0.39, 0.29) is 12.0 Å². The monoisotopic (exact) mass is 313 g/mol. The molecule has 1 aliphatic heterocycles. The van der Waals surface area contributed by atoms with Gasteiger partial charge in [-0.1, -0.05) is 6.07 Å². The van der Waals surface area contributed by atoms with Gasteiger partial charge < -0.3 is 14.5 Å². The molecule has 3 rings (SSSR count). The van der Waals surface area contributed by atoms with E-state index in [1.54, 1.807) is 11.0 Å². The van der Waals surface area contributed by atoms with Crippen molar-refractivity contribution in [3.63, 3.8) is 0 Å². The summed E-state index contributed by atoms with van der Waals surface area (Å²) in [6, 6.07) is 7.50. The lowest BCUT2D eigenvalue weighted by atomic mass is 10.1.